The summed E-state index contributed by atoms with van der Waals surface area (Å²) in [5.74, 6) is 0.810. The highest BCUT2D eigenvalue weighted by molar-refractivity contribution is 5.21. The van der Waals surface area contributed by atoms with E-state index in [0.29, 0.717) is 6.04 Å². The van der Waals surface area contributed by atoms with E-state index in [0.717, 1.165) is 19.0 Å². The first-order chi connectivity index (χ1) is 8.65. The largest absolute Gasteiger partial charge is 0.314 e. The van der Waals surface area contributed by atoms with Crippen LogP contribution in [0.15, 0.2) is 18.5 Å². The Morgan fingerprint density at radius 1 is 1.50 bits per heavy atom. The lowest BCUT2D eigenvalue weighted by molar-refractivity contribution is 0.312. The average molecular weight is 247 g/mol. The van der Waals surface area contributed by atoms with Crippen molar-refractivity contribution in [1.29, 1.82) is 0 Å². The van der Waals surface area contributed by atoms with Crippen molar-refractivity contribution < 1.29 is 0 Å². The fourth-order valence-corrected chi connectivity index (χ4v) is 2.53. The van der Waals surface area contributed by atoms with Crippen LogP contribution in [0.3, 0.4) is 0 Å². The van der Waals surface area contributed by atoms with Crippen LogP contribution in [-0.2, 0) is 6.54 Å². The van der Waals surface area contributed by atoms with Gasteiger partial charge in [0.15, 0.2) is 0 Å². The summed E-state index contributed by atoms with van der Waals surface area (Å²) in [4.78, 5) is 6.78. The Balaban J connectivity index is 1.81. The molecule has 1 atom stereocenters. The van der Waals surface area contributed by atoms with Gasteiger partial charge in [0.05, 0.1) is 0 Å². The fraction of sp³-hybridized carbons (Fsp3) is 0.667. The second-order valence-electron chi connectivity index (χ2n) is 5.75. The van der Waals surface area contributed by atoms with Crippen LogP contribution < -0.4 is 5.32 Å². The monoisotopic (exact) mass is 247 g/mol. The second-order valence-corrected chi connectivity index (χ2v) is 5.75. The van der Waals surface area contributed by atoms with Gasteiger partial charge in [0.25, 0.3) is 0 Å². The summed E-state index contributed by atoms with van der Waals surface area (Å²) in [6.07, 6.45) is 5.20. The summed E-state index contributed by atoms with van der Waals surface area (Å²) < 4.78 is 0. The molecule has 1 unspecified atom stereocenters. The molecule has 1 aliphatic rings. The van der Waals surface area contributed by atoms with Crippen molar-refractivity contribution in [2.24, 2.45) is 5.92 Å². The van der Waals surface area contributed by atoms with Crippen LogP contribution in [0.4, 0.5) is 0 Å². The summed E-state index contributed by atoms with van der Waals surface area (Å²) in [6, 6.07) is 2.70. The number of rotatable bonds is 5. The molecule has 1 N–H and O–H groups in total. The maximum absolute atomic E-state index is 4.23. The standard InChI is InChI=1S/C15H25N3/c1-12(2)17-8-14-5-7-18(10-14)11-15-9-16-6-4-13(15)3/h4,6,9,12,14,17H,5,7-8,10-11H2,1-3H3. The maximum atomic E-state index is 4.23. The van der Waals surface area contributed by atoms with E-state index in [1.54, 1.807) is 0 Å². The third-order valence-electron chi connectivity index (χ3n) is 3.73. The minimum Gasteiger partial charge on any atom is -0.314 e. The van der Waals surface area contributed by atoms with Gasteiger partial charge in [-0.1, -0.05) is 13.8 Å². The van der Waals surface area contributed by atoms with Gasteiger partial charge in [-0.05, 0) is 49.5 Å². The Morgan fingerprint density at radius 2 is 2.33 bits per heavy atom. The Labute approximate surface area is 111 Å². The molecule has 1 aromatic heterocycles. The summed E-state index contributed by atoms with van der Waals surface area (Å²) in [5.41, 5.74) is 2.73. The number of likely N-dealkylation sites (tertiary alicyclic amines) is 1. The minimum absolute atomic E-state index is 0.597. The van der Waals surface area contributed by atoms with Gasteiger partial charge in [-0.3, -0.25) is 9.88 Å². The first-order valence-corrected chi connectivity index (χ1v) is 7.00. The maximum Gasteiger partial charge on any atom is 0.0315 e. The van der Waals surface area contributed by atoms with Gasteiger partial charge >= 0.3 is 0 Å². The van der Waals surface area contributed by atoms with Gasteiger partial charge in [-0.2, -0.15) is 0 Å². The lowest BCUT2D eigenvalue weighted by Gasteiger charge is -2.18. The molecule has 1 aliphatic heterocycles. The zero-order chi connectivity index (χ0) is 13.0. The highest BCUT2D eigenvalue weighted by atomic mass is 15.1. The highest BCUT2D eigenvalue weighted by Crippen LogP contribution is 2.19. The predicted molar refractivity (Wildman–Crippen MR) is 75.5 cm³/mol. The normalized spacial score (nSPS) is 20.8. The Morgan fingerprint density at radius 3 is 3.06 bits per heavy atom. The SMILES string of the molecule is Cc1ccncc1CN1CCC(CNC(C)C)C1. The average Bonchev–Trinajstić information content (AvgIpc) is 2.77. The van der Waals surface area contributed by atoms with E-state index < -0.39 is 0 Å². The lowest BCUT2D eigenvalue weighted by atomic mass is 10.1. The van der Waals surface area contributed by atoms with Crippen LogP contribution in [0, 0.1) is 12.8 Å². The molecule has 2 heterocycles. The van der Waals surface area contributed by atoms with Crippen LogP contribution in [0.5, 0.6) is 0 Å². The quantitative estimate of drug-likeness (QED) is 0.864. The summed E-state index contributed by atoms with van der Waals surface area (Å²) in [5, 5.41) is 3.54. The van der Waals surface area contributed by atoms with E-state index in [-0.39, 0.29) is 0 Å². The number of hydrogen-bond acceptors (Lipinski definition) is 3. The number of nitrogens with one attached hydrogen (secondary N) is 1. The molecule has 0 radical (unpaired) electrons. The molecule has 1 saturated heterocycles. The number of pyridine rings is 1. The van der Waals surface area contributed by atoms with Crippen LogP contribution in [-0.4, -0.2) is 35.6 Å². The van der Waals surface area contributed by atoms with Gasteiger partial charge in [0, 0.05) is 31.5 Å². The summed E-state index contributed by atoms with van der Waals surface area (Å²) in [7, 11) is 0. The van der Waals surface area contributed by atoms with E-state index in [1.165, 1.54) is 30.6 Å². The van der Waals surface area contributed by atoms with Crippen molar-refractivity contribution in [3.8, 4) is 0 Å². The van der Waals surface area contributed by atoms with Gasteiger partial charge < -0.3 is 5.32 Å². The van der Waals surface area contributed by atoms with Crippen molar-refractivity contribution in [3.05, 3.63) is 29.6 Å². The molecule has 0 aromatic carbocycles. The van der Waals surface area contributed by atoms with Crippen molar-refractivity contribution in [2.45, 2.75) is 39.8 Å². The van der Waals surface area contributed by atoms with Crippen LogP contribution in [0.2, 0.25) is 0 Å². The predicted octanol–water partition coefficient (Wildman–Crippen LogP) is 2.21. The Hall–Kier alpha value is -0.930. The second kappa shape index (κ2) is 6.30. The molecular weight excluding hydrogens is 222 g/mol. The van der Waals surface area contributed by atoms with E-state index in [4.69, 9.17) is 0 Å². The number of aromatic nitrogens is 1. The van der Waals surface area contributed by atoms with Gasteiger partial charge in [0.1, 0.15) is 0 Å². The first kappa shape index (κ1) is 13.5. The minimum atomic E-state index is 0.597. The molecule has 2 rings (SSSR count). The van der Waals surface area contributed by atoms with Gasteiger partial charge in [-0.15, -0.1) is 0 Å². The van der Waals surface area contributed by atoms with Crippen LogP contribution in [0.1, 0.15) is 31.4 Å². The lowest BCUT2D eigenvalue weighted by Crippen LogP contribution is -2.30. The van der Waals surface area contributed by atoms with E-state index in [2.05, 4.69) is 42.0 Å². The van der Waals surface area contributed by atoms with E-state index >= 15 is 0 Å². The Kier molecular flexibility index (Phi) is 4.72. The summed E-state index contributed by atoms with van der Waals surface area (Å²) >= 11 is 0. The van der Waals surface area contributed by atoms with Crippen molar-refractivity contribution in [3.63, 3.8) is 0 Å². The first-order valence-electron chi connectivity index (χ1n) is 7.00. The number of nitrogens with zero attached hydrogens (tertiary/aromatic N) is 2. The van der Waals surface area contributed by atoms with Gasteiger partial charge in [0.2, 0.25) is 0 Å². The molecule has 18 heavy (non-hydrogen) atoms. The van der Waals surface area contributed by atoms with Crippen molar-refractivity contribution >= 4 is 0 Å². The third kappa shape index (κ3) is 3.79. The zero-order valence-electron chi connectivity index (χ0n) is 11.8. The Bertz CT molecular complexity index is 376. The molecule has 0 aliphatic carbocycles. The molecule has 1 fully saturated rings. The fourth-order valence-electron chi connectivity index (χ4n) is 2.53. The molecule has 0 saturated carbocycles. The molecule has 1 aromatic rings. The number of hydrogen-bond donors (Lipinski definition) is 1. The molecule has 0 amide bonds. The molecule has 0 bridgehead atoms. The smallest absolute Gasteiger partial charge is 0.0315 e. The molecule has 3 heteroatoms. The van der Waals surface area contributed by atoms with E-state index in [9.17, 15) is 0 Å². The molecular formula is C15H25N3. The number of aryl methyl sites for hydroxylation is 1. The van der Waals surface area contributed by atoms with Crippen molar-refractivity contribution in [2.75, 3.05) is 19.6 Å². The van der Waals surface area contributed by atoms with E-state index in [1.807, 2.05) is 12.4 Å². The highest BCUT2D eigenvalue weighted by Gasteiger charge is 2.22. The van der Waals surface area contributed by atoms with Crippen LogP contribution in [0.25, 0.3) is 0 Å². The third-order valence-corrected chi connectivity index (χ3v) is 3.73. The molecule has 100 valence electrons. The molecule has 0 spiro atoms. The molecule has 3 nitrogen and oxygen atoms in total. The zero-order valence-corrected chi connectivity index (χ0v) is 11.8. The van der Waals surface area contributed by atoms with Crippen LogP contribution >= 0.6 is 0 Å². The van der Waals surface area contributed by atoms with Gasteiger partial charge in [-0.25, -0.2) is 0 Å². The summed E-state index contributed by atoms with van der Waals surface area (Å²) in [6.45, 7) is 11.2. The topological polar surface area (TPSA) is 28.2 Å². The van der Waals surface area contributed by atoms with Crippen molar-refractivity contribution in [1.82, 2.24) is 15.2 Å².